The fourth-order valence-electron chi connectivity index (χ4n) is 8.57. The first-order valence-corrected chi connectivity index (χ1v) is 21.7. The molecule has 4 heteroatoms. The van der Waals surface area contributed by atoms with E-state index in [1.165, 1.54) is 52.8 Å². The molecule has 9 aromatic carbocycles. The fourth-order valence-corrected chi connectivity index (χ4v) is 12.4. The smallest absolute Gasteiger partial charge is 0.171 e. The van der Waals surface area contributed by atoms with Crippen LogP contribution < -0.4 is 15.9 Å². The van der Waals surface area contributed by atoms with Crippen LogP contribution in [0.2, 0.25) is 0 Å². The quantitative estimate of drug-likeness (QED) is 0.125. The molecule has 0 saturated carbocycles. The summed E-state index contributed by atoms with van der Waals surface area (Å²) in [5.41, 5.74) is 7.59. The second-order valence-electron chi connectivity index (χ2n) is 14.6. The number of aromatic nitrogens is 1. The Morgan fingerprint density at radius 2 is 1.00 bits per heavy atom. The van der Waals surface area contributed by atoms with Crippen LogP contribution in [0.25, 0.3) is 86.1 Å². The molecule has 0 aliphatic rings. The maximum atomic E-state index is 15.0. The van der Waals surface area contributed by atoms with Gasteiger partial charge in [0.05, 0.1) is 15.9 Å². The molecule has 11 aromatic rings. The highest BCUT2D eigenvalue weighted by atomic mass is 32.1. The zero-order valence-corrected chi connectivity index (χ0v) is 32.6. The lowest BCUT2D eigenvalue weighted by molar-refractivity contribution is 0.592. The molecule has 0 radical (unpaired) electrons. The minimum Gasteiger partial charge on any atom is -0.309 e. The van der Waals surface area contributed by atoms with E-state index in [9.17, 15) is 0 Å². The zero-order chi connectivity index (χ0) is 37.9. The standard InChI is InChI=1S/C53H34NOPS/c55-56(40-17-3-1-4-18-40,41-19-5-2-6-20-41)42-29-26-35(27-30-42)36-15-13-16-39(32-36)52-53-51(46-24-11-12-25-50(46)57-53)48-34-38(28-31-49(48)54-52)47-33-37-14-7-8-21-43(37)44-22-9-10-23-45(44)47/h1-34H. The Morgan fingerprint density at radius 1 is 0.404 bits per heavy atom. The van der Waals surface area contributed by atoms with Crippen LogP contribution in [0.1, 0.15) is 0 Å². The van der Waals surface area contributed by atoms with E-state index in [1.54, 1.807) is 0 Å². The van der Waals surface area contributed by atoms with Crippen molar-refractivity contribution in [2.24, 2.45) is 0 Å². The Bertz CT molecular complexity index is 3330. The van der Waals surface area contributed by atoms with E-state index in [4.69, 9.17) is 4.98 Å². The summed E-state index contributed by atoms with van der Waals surface area (Å²) in [7, 11) is -3.07. The Balaban J connectivity index is 1.05. The van der Waals surface area contributed by atoms with Gasteiger partial charge in [-0.15, -0.1) is 11.3 Å². The SMILES string of the molecule is O=P(c1ccccc1)(c1ccccc1)c1ccc(-c2cccc(-c3nc4ccc(-c5cc6ccccc6c6ccccc56)cc4c4c3sc3ccccc34)c2)cc1. The van der Waals surface area contributed by atoms with Gasteiger partial charge >= 0.3 is 0 Å². The van der Waals surface area contributed by atoms with Crippen LogP contribution in [0.3, 0.4) is 0 Å². The van der Waals surface area contributed by atoms with Crippen LogP contribution in [0, 0.1) is 0 Å². The summed E-state index contributed by atoms with van der Waals surface area (Å²) >= 11 is 1.81. The highest BCUT2D eigenvalue weighted by Gasteiger charge is 2.29. The summed E-state index contributed by atoms with van der Waals surface area (Å²) in [6, 6.07) is 71.9. The second-order valence-corrected chi connectivity index (χ2v) is 18.4. The van der Waals surface area contributed by atoms with Gasteiger partial charge in [0.25, 0.3) is 0 Å². The van der Waals surface area contributed by atoms with Gasteiger partial charge in [-0.3, -0.25) is 0 Å². The lowest BCUT2D eigenvalue weighted by atomic mass is 9.92. The van der Waals surface area contributed by atoms with Crippen LogP contribution in [0.5, 0.6) is 0 Å². The molecule has 0 bridgehead atoms. The maximum absolute atomic E-state index is 15.0. The van der Waals surface area contributed by atoms with Crippen LogP contribution in [0.4, 0.5) is 0 Å². The van der Waals surface area contributed by atoms with Gasteiger partial charge in [-0.05, 0) is 74.1 Å². The van der Waals surface area contributed by atoms with Crippen molar-refractivity contribution >= 4 is 87.0 Å². The summed E-state index contributed by atoms with van der Waals surface area (Å²) in [4.78, 5) is 5.44. The summed E-state index contributed by atoms with van der Waals surface area (Å²) in [6.45, 7) is 0. The molecule has 0 atom stereocenters. The molecule has 0 unspecified atom stereocenters. The average molecular weight is 764 g/mol. The molecule has 57 heavy (non-hydrogen) atoms. The lowest BCUT2D eigenvalue weighted by Crippen LogP contribution is -2.24. The molecule has 2 nitrogen and oxygen atoms in total. The monoisotopic (exact) mass is 763 g/mol. The number of nitrogens with zero attached hydrogens (tertiary/aromatic N) is 1. The second kappa shape index (κ2) is 13.5. The average Bonchev–Trinajstić information content (AvgIpc) is 3.69. The summed E-state index contributed by atoms with van der Waals surface area (Å²) in [5.74, 6) is 0. The van der Waals surface area contributed by atoms with Crippen LogP contribution >= 0.6 is 18.5 Å². The minimum atomic E-state index is -3.07. The van der Waals surface area contributed by atoms with E-state index in [0.29, 0.717) is 0 Å². The molecule has 0 aliphatic heterocycles. The largest absolute Gasteiger partial charge is 0.309 e. The summed E-state index contributed by atoms with van der Waals surface area (Å²) in [5, 5.41) is 11.2. The number of rotatable bonds is 6. The third-order valence-electron chi connectivity index (χ3n) is 11.3. The van der Waals surface area contributed by atoms with Crippen LogP contribution in [0.15, 0.2) is 206 Å². The first kappa shape index (κ1) is 33.7. The first-order valence-electron chi connectivity index (χ1n) is 19.2. The Kier molecular flexibility index (Phi) is 8.00. The predicted octanol–water partition coefficient (Wildman–Crippen LogP) is 13.5. The van der Waals surface area contributed by atoms with E-state index in [1.807, 2.05) is 84.1 Å². The first-order chi connectivity index (χ1) is 28.1. The Hall–Kier alpha value is -6.64. The van der Waals surface area contributed by atoms with Gasteiger partial charge in [0.1, 0.15) is 0 Å². The normalized spacial score (nSPS) is 11.9. The molecule has 0 spiro atoms. The van der Waals surface area contributed by atoms with Crippen molar-refractivity contribution in [3.8, 4) is 33.5 Å². The number of pyridine rings is 1. The van der Waals surface area contributed by atoms with Gasteiger partial charge in [0, 0.05) is 42.3 Å². The van der Waals surface area contributed by atoms with Crippen molar-refractivity contribution < 1.29 is 4.57 Å². The predicted molar refractivity (Wildman–Crippen MR) is 245 cm³/mol. The molecule has 268 valence electrons. The van der Waals surface area contributed by atoms with Crippen molar-refractivity contribution in [3.63, 3.8) is 0 Å². The van der Waals surface area contributed by atoms with Crippen molar-refractivity contribution in [2.45, 2.75) is 0 Å². The molecule has 0 N–H and O–H groups in total. The summed E-state index contributed by atoms with van der Waals surface area (Å²) < 4.78 is 17.4. The number of benzene rings is 9. The number of hydrogen-bond acceptors (Lipinski definition) is 3. The fraction of sp³-hybridized carbons (Fsp3) is 0. The molecule has 0 amide bonds. The molecule has 2 aromatic heterocycles. The van der Waals surface area contributed by atoms with Crippen molar-refractivity contribution in [2.75, 3.05) is 0 Å². The van der Waals surface area contributed by atoms with Gasteiger partial charge in [-0.1, -0.05) is 176 Å². The molecule has 2 heterocycles. The molecule has 0 fully saturated rings. The molecular formula is C53H34NOPS. The van der Waals surface area contributed by atoms with Crippen molar-refractivity contribution in [1.29, 1.82) is 0 Å². The van der Waals surface area contributed by atoms with Gasteiger partial charge in [-0.25, -0.2) is 4.98 Å². The third kappa shape index (κ3) is 5.54. The van der Waals surface area contributed by atoms with E-state index in [0.717, 1.165) is 49.2 Å². The van der Waals surface area contributed by atoms with Gasteiger partial charge < -0.3 is 4.57 Å². The Morgan fingerprint density at radius 3 is 1.75 bits per heavy atom. The van der Waals surface area contributed by atoms with Crippen LogP contribution in [-0.2, 0) is 4.57 Å². The maximum Gasteiger partial charge on any atom is 0.171 e. The Labute approximate surface area is 334 Å². The number of fused-ring (bicyclic) bond motifs is 8. The minimum absolute atomic E-state index is 0.819. The highest BCUT2D eigenvalue weighted by molar-refractivity contribution is 7.85. The zero-order valence-electron chi connectivity index (χ0n) is 30.8. The highest BCUT2D eigenvalue weighted by Crippen LogP contribution is 2.46. The van der Waals surface area contributed by atoms with E-state index in [-0.39, 0.29) is 0 Å². The third-order valence-corrected chi connectivity index (χ3v) is 15.6. The topological polar surface area (TPSA) is 30.0 Å². The lowest BCUT2D eigenvalue weighted by Gasteiger charge is -2.20. The van der Waals surface area contributed by atoms with E-state index >= 15 is 4.57 Å². The van der Waals surface area contributed by atoms with Crippen LogP contribution in [-0.4, -0.2) is 4.98 Å². The van der Waals surface area contributed by atoms with Gasteiger partial charge in [-0.2, -0.15) is 0 Å². The van der Waals surface area contributed by atoms with E-state index < -0.39 is 7.14 Å². The van der Waals surface area contributed by atoms with Crippen molar-refractivity contribution in [3.05, 3.63) is 206 Å². The molecular weight excluding hydrogens is 730 g/mol. The number of thiophene rings is 1. The molecule has 11 rings (SSSR count). The van der Waals surface area contributed by atoms with Crippen molar-refractivity contribution in [1.82, 2.24) is 4.98 Å². The van der Waals surface area contributed by atoms with E-state index in [2.05, 4.69) is 133 Å². The molecule has 0 saturated heterocycles. The number of hydrogen-bond donors (Lipinski definition) is 0. The summed E-state index contributed by atoms with van der Waals surface area (Å²) in [6.07, 6.45) is 0. The van der Waals surface area contributed by atoms with Gasteiger partial charge in [0.2, 0.25) is 0 Å². The molecule has 0 aliphatic carbocycles. The van der Waals surface area contributed by atoms with Gasteiger partial charge in [0.15, 0.2) is 7.14 Å².